The Morgan fingerprint density at radius 3 is 2.50 bits per heavy atom. The summed E-state index contributed by atoms with van der Waals surface area (Å²) in [4.78, 5) is 27.0. The third-order valence-electron chi connectivity index (χ3n) is 2.39. The van der Waals surface area contributed by atoms with E-state index >= 15 is 0 Å². The predicted octanol–water partition coefficient (Wildman–Crippen LogP) is 0.702. The maximum atomic E-state index is 11.5. The molecule has 0 unspecified atom stereocenters. The van der Waals surface area contributed by atoms with E-state index in [0.29, 0.717) is 6.54 Å². The molecule has 0 aromatic carbocycles. The second kappa shape index (κ2) is 10.8. The molecule has 0 spiro atoms. The van der Waals surface area contributed by atoms with Crippen molar-refractivity contribution in [3.8, 4) is 0 Å². The molecule has 0 aliphatic rings. The lowest BCUT2D eigenvalue weighted by Crippen LogP contribution is -2.47. The lowest BCUT2D eigenvalue weighted by molar-refractivity contribution is -0.127. The van der Waals surface area contributed by atoms with Gasteiger partial charge < -0.3 is 16.4 Å². The molecule has 0 fully saturated rings. The van der Waals surface area contributed by atoms with E-state index in [1.165, 1.54) is 11.3 Å². The minimum Gasteiger partial charge on any atom is -0.349 e. The number of aromatic nitrogens is 1. The van der Waals surface area contributed by atoms with E-state index in [1.807, 2.05) is 19.2 Å². The van der Waals surface area contributed by atoms with Crippen LogP contribution in [0.4, 0.5) is 0 Å². The number of halogens is 2. The number of nitrogens with one attached hydrogen (secondary N) is 2. The van der Waals surface area contributed by atoms with Gasteiger partial charge in [-0.05, 0) is 5.92 Å². The Hall–Kier alpha value is -0.890. The van der Waals surface area contributed by atoms with Crippen LogP contribution in [-0.2, 0) is 16.1 Å². The van der Waals surface area contributed by atoms with Crippen molar-refractivity contribution >= 4 is 48.0 Å². The average Bonchev–Trinajstić information content (AvgIpc) is 2.85. The lowest BCUT2D eigenvalue weighted by atomic mass is 10.1. The van der Waals surface area contributed by atoms with Crippen molar-refractivity contribution in [3.05, 3.63) is 16.6 Å². The SMILES string of the molecule is CC(C)[C@H](N)C(=O)NCC(=O)NCc1cscn1.Cl.Cl. The molecule has 6 nitrogen and oxygen atoms in total. The molecule has 0 aliphatic carbocycles. The van der Waals surface area contributed by atoms with E-state index in [-0.39, 0.29) is 49.1 Å². The molecule has 20 heavy (non-hydrogen) atoms. The molecule has 1 aromatic heterocycles. The van der Waals surface area contributed by atoms with Crippen LogP contribution in [0.3, 0.4) is 0 Å². The quantitative estimate of drug-likeness (QED) is 0.708. The third kappa shape index (κ3) is 7.64. The molecule has 0 saturated carbocycles. The Labute approximate surface area is 134 Å². The minimum absolute atomic E-state index is 0. The van der Waals surface area contributed by atoms with Gasteiger partial charge in [-0.15, -0.1) is 36.2 Å². The van der Waals surface area contributed by atoms with Crippen molar-refractivity contribution in [3.63, 3.8) is 0 Å². The zero-order valence-electron chi connectivity index (χ0n) is 11.3. The predicted molar refractivity (Wildman–Crippen MR) is 84.3 cm³/mol. The number of thiazole rings is 1. The summed E-state index contributed by atoms with van der Waals surface area (Å²) in [5.41, 5.74) is 8.15. The summed E-state index contributed by atoms with van der Waals surface area (Å²) in [7, 11) is 0. The summed E-state index contributed by atoms with van der Waals surface area (Å²) in [6.07, 6.45) is 0. The van der Waals surface area contributed by atoms with Crippen LogP contribution in [0.1, 0.15) is 19.5 Å². The Balaban J connectivity index is 0. The normalized spacial score (nSPS) is 11.0. The molecule has 2 amide bonds. The van der Waals surface area contributed by atoms with Gasteiger partial charge in [-0.3, -0.25) is 9.59 Å². The summed E-state index contributed by atoms with van der Waals surface area (Å²) < 4.78 is 0. The first kappa shape index (κ1) is 21.4. The molecule has 1 atom stereocenters. The summed E-state index contributed by atoms with van der Waals surface area (Å²) >= 11 is 1.47. The fourth-order valence-electron chi connectivity index (χ4n) is 1.16. The minimum atomic E-state index is -0.587. The van der Waals surface area contributed by atoms with Crippen LogP contribution in [0.5, 0.6) is 0 Å². The number of rotatable bonds is 6. The van der Waals surface area contributed by atoms with Crippen LogP contribution in [-0.4, -0.2) is 29.4 Å². The van der Waals surface area contributed by atoms with Gasteiger partial charge >= 0.3 is 0 Å². The maximum Gasteiger partial charge on any atom is 0.239 e. The molecule has 1 aromatic rings. The van der Waals surface area contributed by atoms with Gasteiger partial charge in [-0.1, -0.05) is 13.8 Å². The van der Waals surface area contributed by atoms with E-state index in [9.17, 15) is 9.59 Å². The zero-order chi connectivity index (χ0) is 13.5. The van der Waals surface area contributed by atoms with Gasteiger partial charge in [0.15, 0.2) is 0 Å². The smallest absolute Gasteiger partial charge is 0.239 e. The average molecular weight is 343 g/mol. The monoisotopic (exact) mass is 342 g/mol. The van der Waals surface area contributed by atoms with Crippen molar-refractivity contribution in [1.29, 1.82) is 0 Å². The highest BCUT2D eigenvalue weighted by molar-refractivity contribution is 7.07. The third-order valence-corrected chi connectivity index (χ3v) is 3.03. The van der Waals surface area contributed by atoms with E-state index in [4.69, 9.17) is 5.73 Å². The fourth-order valence-corrected chi connectivity index (χ4v) is 1.72. The first-order chi connectivity index (χ1) is 8.50. The molecule has 4 N–H and O–H groups in total. The van der Waals surface area contributed by atoms with E-state index in [2.05, 4.69) is 15.6 Å². The molecular formula is C11H20Cl2N4O2S. The molecule has 0 aliphatic heterocycles. The molecule has 0 saturated heterocycles. The van der Waals surface area contributed by atoms with Crippen LogP contribution in [0.15, 0.2) is 10.9 Å². The fraction of sp³-hybridized carbons (Fsp3) is 0.545. The number of amides is 2. The largest absolute Gasteiger partial charge is 0.349 e. The molecular weight excluding hydrogens is 323 g/mol. The van der Waals surface area contributed by atoms with E-state index in [0.717, 1.165) is 5.69 Å². The van der Waals surface area contributed by atoms with E-state index < -0.39 is 6.04 Å². The van der Waals surface area contributed by atoms with Crippen LogP contribution in [0.2, 0.25) is 0 Å². The first-order valence-electron chi connectivity index (χ1n) is 5.67. The summed E-state index contributed by atoms with van der Waals surface area (Å²) in [6.45, 7) is 4.01. The molecule has 116 valence electrons. The number of nitrogens with zero attached hydrogens (tertiary/aromatic N) is 1. The number of hydrogen-bond donors (Lipinski definition) is 3. The van der Waals surface area contributed by atoms with Crippen molar-refractivity contribution in [2.45, 2.75) is 26.4 Å². The highest BCUT2D eigenvalue weighted by Crippen LogP contribution is 1.99. The van der Waals surface area contributed by atoms with Crippen LogP contribution < -0.4 is 16.4 Å². The van der Waals surface area contributed by atoms with Crippen LogP contribution >= 0.6 is 36.2 Å². The number of carbonyl (C=O) groups excluding carboxylic acids is 2. The number of carbonyl (C=O) groups is 2. The van der Waals surface area contributed by atoms with Crippen molar-refractivity contribution in [2.24, 2.45) is 11.7 Å². The molecule has 1 heterocycles. The molecule has 0 bridgehead atoms. The maximum absolute atomic E-state index is 11.5. The molecule has 9 heteroatoms. The summed E-state index contributed by atoms with van der Waals surface area (Å²) in [5, 5.41) is 7.01. The first-order valence-corrected chi connectivity index (χ1v) is 6.62. The van der Waals surface area contributed by atoms with Crippen LogP contribution in [0.25, 0.3) is 0 Å². The van der Waals surface area contributed by atoms with Gasteiger partial charge in [0.1, 0.15) is 0 Å². The van der Waals surface area contributed by atoms with E-state index in [1.54, 1.807) is 5.51 Å². The van der Waals surface area contributed by atoms with Gasteiger partial charge in [-0.2, -0.15) is 0 Å². The van der Waals surface area contributed by atoms with Crippen molar-refractivity contribution in [2.75, 3.05) is 6.54 Å². The lowest BCUT2D eigenvalue weighted by Gasteiger charge is -2.14. The molecule has 0 radical (unpaired) electrons. The zero-order valence-corrected chi connectivity index (χ0v) is 13.7. The Kier molecular flexibility index (Phi) is 11.6. The summed E-state index contributed by atoms with van der Waals surface area (Å²) in [5.74, 6) is -0.524. The van der Waals surface area contributed by atoms with Crippen LogP contribution in [0, 0.1) is 5.92 Å². The summed E-state index contributed by atoms with van der Waals surface area (Å²) in [6, 6.07) is -0.587. The standard InChI is InChI=1S/C11H18N4O2S.2ClH/c1-7(2)10(12)11(17)14-4-9(16)13-3-8-5-18-6-15-8;;/h5-7,10H,3-4,12H2,1-2H3,(H,13,16)(H,14,17);2*1H/t10-;;/m0../s1. The topological polar surface area (TPSA) is 97.1 Å². The Bertz CT molecular complexity index is 401. The van der Waals surface area contributed by atoms with Crippen molar-refractivity contribution in [1.82, 2.24) is 15.6 Å². The van der Waals surface area contributed by atoms with Gasteiger partial charge in [0.25, 0.3) is 0 Å². The van der Waals surface area contributed by atoms with Gasteiger partial charge in [0.2, 0.25) is 11.8 Å². The number of hydrogen-bond acceptors (Lipinski definition) is 5. The van der Waals surface area contributed by atoms with Gasteiger partial charge in [0.05, 0.1) is 30.3 Å². The highest BCUT2D eigenvalue weighted by atomic mass is 35.5. The van der Waals surface area contributed by atoms with Gasteiger partial charge in [-0.25, -0.2) is 4.98 Å². The highest BCUT2D eigenvalue weighted by Gasteiger charge is 2.17. The Morgan fingerprint density at radius 1 is 1.35 bits per heavy atom. The van der Waals surface area contributed by atoms with Crippen molar-refractivity contribution < 1.29 is 9.59 Å². The second-order valence-electron chi connectivity index (χ2n) is 4.24. The Morgan fingerprint density at radius 2 is 2.00 bits per heavy atom. The molecule has 1 rings (SSSR count). The second-order valence-corrected chi connectivity index (χ2v) is 4.96. The van der Waals surface area contributed by atoms with Gasteiger partial charge in [0, 0.05) is 5.38 Å². The number of nitrogens with two attached hydrogens (primary N) is 1.